The number of benzene rings is 3. The zero-order valence-electron chi connectivity index (χ0n) is 22.8. The van der Waals surface area contributed by atoms with Crippen LogP contribution < -0.4 is 9.62 Å². The number of anilines is 1. The van der Waals surface area contributed by atoms with Gasteiger partial charge in [-0.1, -0.05) is 84.0 Å². The predicted molar refractivity (Wildman–Crippen MR) is 167 cm³/mol. The first-order valence-corrected chi connectivity index (χ1v) is 15.9. The van der Waals surface area contributed by atoms with Crippen LogP contribution in [-0.4, -0.2) is 44.3 Å². The Morgan fingerprint density at radius 1 is 0.878 bits per heavy atom. The number of carbonyl (C=O) groups is 2. The van der Waals surface area contributed by atoms with Gasteiger partial charge < -0.3 is 10.2 Å². The molecule has 2 amide bonds. The monoisotopic (exact) mass is 657 g/mol. The topological polar surface area (TPSA) is 86.8 Å². The molecule has 3 rings (SSSR count). The lowest BCUT2D eigenvalue weighted by molar-refractivity contribution is -0.140. The summed E-state index contributed by atoms with van der Waals surface area (Å²) in [6.07, 6.45) is 0.989. The second-order valence-corrected chi connectivity index (χ2v) is 12.9. The summed E-state index contributed by atoms with van der Waals surface area (Å²) in [5, 5.41) is 3.92. The van der Waals surface area contributed by atoms with Gasteiger partial charge in [0.15, 0.2) is 0 Å². The zero-order chi connectivity index (χ0) is 30.3. The molecule has 0 fully saturated rings. The summed E-state index contributed by atoms with van der Waals surface area (Å²) in [4.78, 5) is 28.6. The lowest BCUT2D eigenvalue weighted by Crippen LogP contribution is -2.52. The van der Waals surface area contributed by atoms with Crippen molar-refractivity contribution in [2.45, 2.75) is 51.1 Å². The lowest BCUT2D eigenvalue weighted by Gasteiger charge is -2.33. The third kappa shape index (κ3) is 8.30. The summed E-state index contributed by atoms with van der Waals surface area (Å²) in [5.74, 6) is -0.966. The summed E-state index contributed by atoms with van der Waals surface area (Å²) in [6, 6.07) is 14.5. The van der Waals surface area contributed by atoms with Gasteiger partial charge in [0.25, 0.3) is 10.0 Å². The van der Waals surface area contributed by atoms with Gasteiger partial charge in [-0.3, -0.25) is 13.9 Å². The summed E-state index contributed by atoms with van der Waals surface area (Å²) in [6.45, 7) is 5.30. The molecule has 220 valence electrons. The van der Waals surface area contributed by atoms with Crippen molar-refractivity contribution >= 4 is 73.9 Å². The third-order valence-electron chi connectivity index (χ3n) is 6.37. The number of nitrogens with zero attached hydrogens (tertiary/aromatic N) is 2. The normalized spacial score (nSPS) is 12.1. The van der Waals surface area contributed by atoms with Crippen LogP contribution in [0, 0.1) is 6.92 Å². The fourth-order valence-electron chi connectivity index (χ4n) is 4.13. The molecule has 3 aromatic carbocycles. The van der Waals surface area contributed by atoms with Gasteiger partial charge in [0.05, 0.1) is 20.6 Å². The van der Waals surface area contributed by atoms with Gasteiger partial charge in [-0.25, -0.2) is 8.42 Å². The molecule has 1 N–H and O–H groups in total. The maximum Gasteiger partial charge on any atom is 0.264 e. The molecule has 12 heteroatoms. The molecular weight excluding hydrogens is 628 g/mol. The van der Waals surface area contributed by atoms with E-state index in [1.165, 1.54) is 35.2 Å². The molecule has 0 aromatic heterocycles. The van der Waals surface area contributed by atoms with Crippen molar-refractivity contribution in [3.05, 3.63) is 91.9 Å². The fourth-order valence-corrected chi connectivity index (χ4v) is 6.29. The largest absolute Gasteiger partial charge is 0.354 e. The highest BCUT2D eigenvalue weighted by Gasteiger charge is 2.34. The highest BCUT2D eigenvalue weighted by molar-refractivity contribution is 7.92. The average Bonchev–Trinajstić information content (AvgIpc) is 2.93. The van der Waals surface area contributed by atoms with E-state index >= 15 is 0 Å². The number of aryl methyl sites for hydroxylation is 1. The van der Waals surface area contributed by atoms with E-state index < -0.39 is 28.5 Å². The van der Waals surface area contributed by atoms with Crippen LogP contribution in [0.1, 0.15) is 37.8 Å². The molecule has 1 unspecified atom stereocenters. The molecule has 7 nitrogen and oxygen atoms in total. The van der Waals surface area contributed by atoms with Crippen molar-refractivity contribution in [1.29, 1.82) is 0 Å². The van der Waals surface area contributed by atoms with E-state index in [-0.39, 0.29) is 39.5 Å². The van der Waals surface area contributed by atoms with Crippen LogP contribution in [0.3, 0.4) is 0 Å². The first-order valence-electron chi connectivity index (χ1n) is 12.9. The fraction of sp³-hybridized carbons (Fsp3) is 0.310. The number of sulfonamides is 1. The Bertz CT molecular complexity index is 1500. The number of nitrogens with one attached hydrogen (secondary N) is 1. The molecule has 0 spiro atoms. The van der Waals surface area contributed by atoms with Gasteiger partial charge in [0, 0.05) is 23.1 Å². The Morgan fingerprint density at radius 2 is 1.56 bits per heavy atom. The number of amides is 2. The van der Waals surface area contributed by atoms with Crippen molar-refractivity contribution in [2.75, 3.05) is 17.4 Å². The van der Waals surface area contributed by atoms with Crippen LogP contribution in [0.15, 0.2) is 65.6 Å². The standard InChI is InChI=1S/C29H31Cl4N3O4S/c1-4-14-34-29(38)27(5-2)35(17-20-8-9-21(30)15-25(20)32)28(37)18-36(22-10-13-24(31)26(33)16-22)41(39,40)23-11-6-19(3)7-12-23/h6-13,15-16,27H,4-5,14,17-18H2,1-3H3,(H,34,38). The van der Waals surface area contributed by atoms with Crippen molar-refractivity contribution < 1.29 is 18.0 Å². The minimum atomic E-state index is -4.24. The third-order valence-corrected chi connectivity index (χ3v) is 9.48. The van der Waals surface area contributed by atoms with E-state index in [0.29, 0.717) is 28.6 Å². The highest BCUT2D eigenvalue weighted by Crippen LogP contribution is 2.31. The maximum absolute atomic E-state index is 14.1. The Balaban J connectivity index is 2.10. The molecule has 3 aromatic rings. The second-order valence-electron chi connectivity index (χ2n) is 9.40. The van der Waals surface area contributed by atoms with Gasteiger partial charge in [-0.2, -0.15) is 0 Å². The van der Waals surface area contributed by atoms with Crippen LogP contribution >= 0.6 is 46.4 Å². The van der Waals surface area contributed by atoms with Crippen molar-refractivity contribution in [2.24, 2.45) is 0 Å². The first-order chi connectivity index (χ1) is 19.4. The smallest absolute Gasteiger partial charge is 0.264 e. The quantitative estimate of drug-likeness (QED) is 0.224. The summed E-state index contributed by atoms with van der Waals surface area (Å²) >= 11 is 24.9. The molecule has 0 aliphatic heterocycles. The highest BCUT2D eigenvalue weighted by atomic mass is 35.5. The molecule has 1 atom stereocenters. The van der Waals surface area contributed by atoms with E-state index in [0.717, 1.165) is 9.87 Å². The second kappa shape index (κ2) is 14.6. The molecule has 0 saturated carbocycles. The first kappa shape index (κ1) is 33.0. The molecule has 41 heavy (non-hydrogen) atoms. The van der Waals surface area contributed by atoms with Crippen LogP contribution in [0.2, 0.25) is 20.1 Å². The van der Waals surface area contributed by atoms with E-state index in [1.54, 1.807) is 37.3 Å². The van der Waals surface area contributed by atoms with Crippen molar-refractivity contribution in [3.63, 3.8) is 0 Å². The summed E-state index contributed by atoms with van der Waals surface area (Å²) in [5.41, 5.74) is 1.56. The van der Waals surface area contributed by atoms with Gasteiger partial charge in [-0.05, 0) is 67.8 Å². The number of hydrogen-bond donors (Lipinski definition) is 1. The van der Waals surface area contributed by atoms with Gasteiger partial charge in [0.2, 0.25) is 11.8 Å². The number of carbonyl (C=O) groups excluding carboxylic acids is 2. The summed E-state index contributed by atoms with van der Waals surface area (Å²) in [7, 11) is -4.24. The van der Waals surface area contributed by atoms with Crippen LogP contribution in [0.25, 0.3) is 0 Å². The maximum atomic E-state index is 14.1. The molecule has 0 saturated heterocycles. The Hall–Kier alpha value is -2.49. The zero-order valence-corrected chi connectivity index (χ0v) is 26.7. The molecule has 0 heterocycles. The lowest BCUT2D eigenvalue weighted by atomic mass is 10.1. The average molecular weight is 659 g/mol. The van der Waals surface area contributed by atoms with Gasteiger partial charge in [-0.15, -0.1) is 0 Å². The van der Waals surface area contributed by atoms with Gasteiger partial charge in [0.1, 0.15) is 12.6 Å². The number of hydrogen-bond acceptors (Lipinski definition) is 4. The molecule has 0 aliphatic rings. The SMILES string of the molecule is CCCNC(=O)C(CC)N(Cc1ccc(Cl)cc1Cl)C(=O)CN(c1ccc(Cl)c(Cl)c1)S(=O)(=O)c1ccc(C)cc1. The van der Waals surface area contributed by atoms with Crippen LogP contribution in [0.5, 0.6) is 0 Å². The molecule has 0 bridgehead atoms. The minimum Gasteiger partial charge on any atom is -0.354 e. The van der Waals surface area contributed by atoms with Crippen LogP contribution in [-0.2, 0) is 26.2 Å². The number of rotatable bonds is 12. The molecule has 0 radical (unpaired) electrons. The molecule has 0 aliphatic carbocycles. The van der Waals surface area contributed by atoms with Crippen molar-refractivity contribution in [1.82, 2.24) is 10.2 Å². The predicted octanol–water partition coefficient (Wildman–Crippen LogP) is 7.14. The van der Waals surface area contributed by atoms with Crippen LogP contribution in [0.4, 0.5) is 5.69 Å². The summed E-state index contributed by atoms with van der Waals surface area (Å²) < 4.78 is 28.8. The molecular formula is C29H31Cl4N3O4S. The Labute approximate surface area is 261 Å². The van der Waals surface area contributed by atoms with Crippen molar-refractivity contribution in [3.8, 4) is 0 Å². The van der Waals surface area contributed by atoms with E-state index in [9.17, 15) is 18.0 Å². The Morgan fingerprint density at radius 3 is 2.15 bits per heavy atom. The van der Waals surface area contributed by atoms with E-state index in [4.69, 9.17) is 46.4 Å². The van der Waals surface area contributed by atoms with E-state index in [1.807, 2.05) is 13.8 Å². The number of halogens is 4. The van der Waals surface area contributed by atoms with Gasteiger partial charge >= 0.3 is 0 Å². The van der Waals surface area contributed by atoms with E-state index in [2.05, 4.69) is 5.32 Å². The minimum absolute atomic E-state index is 0.0120. The Kier molecular flexibility index (Phi) is 11.8.